The fraction of sp³-hybridized carbons (Fsp3) is 1.00. The second-order valence-electron chi connectivity index (χ2n) is 5.31. The van der Waals surface area contributed by atoms with Crippen LogP contribution in [0.5, 0.6) is 0 Å². The standard InChI is InChI=1S/C13H26N2O/c1-16-9-7-14-6-3-8-15-10-12-4-2-5-13(12)11-15/h12-14H,2-11H2,1H3. The number of nitrogens with one attached hydrogen (secondary N) is 1. The van der Waals surface area contributed by atoms with Crippen LogP contribution in [0.2, 0.25) is 0 Å². The third kappa shape index (κ3) is 3.44. The molecule has 94 valence electrons. The van der Waals surface area contributed by atoms with Gasteiger partial charge in [-0.1, -0.05) is 6.42 Å². The van der Waals surface area contributed by atoms with E-state index < -0.39 is 0 Å². The van der Waals surface area contributed by atoms with Crippen LogP contribution in [0, 0.1) is 11.8 Å². The molecule has 2 unspecified atom stereocenters. The highest BCUT2D eigenvalue weighted by Gasteiger charge is 2.35. The second kappa shape index (κ2) is 6.58. The number of hydrogen-bond acceptors (Lipinski definition) is 3. The van der Waals surface area contributed by atoms with E-state index in [2.05, 4.69) is 10.2 Å². The Labute approximate surface area is 99.5 Å². The maximum Gasteiger partial charge on any atom is 0.0587 e. The van der Waals surface area contributed by atoms with Crippen LogP contribution in [-0.4, -0.2) is 51.3 Å². The molecule has 1 saturated carbocycles. The summed E-state index contributed by atoms with van der Waals surface area (Å²) in [6, 6.07) is 0. The molecule has 2 fully saturated rings. The van der Waals surface area contributed by atoms with Crippen molar-refractivity contribution in [2.45, 2.75) is 25.7 Å². The average molecular weight is 226 g/mol. The molecule has 0 bridgehead atoms. The van der Waals surface area contributed by atoms with Crippen molar-refractivity contribution in [1.29, 1.82) is 0 Å². The van der Waals surface area contributed by atoms with E-state index in [1.165, 1.54) is 45.3 Å². The lowest BCUT2D eigenvalue weighted by molar-refractivity contribution is 0.198. The van der Waals surface area contributed by atoms with Crippen LogP contribution in [0.15, 0.2) is 0 Å². The van der Waals surface area contributed by atoms with E-state index in [1.807, 2.05) is 0 Å². The van der Waals surface area contributed by atoms with Crippen molar-refractivity contribution in [3.63, 3.8) is 0 Å². The lowest BCUT2D eigenvalue weighted by atomic mass is 10.0. The molecule has 0 aromatic rings. The summed E-state index contributed by atoms with van der Waals surface area (Å²) < 4.78 is 5.00. The number of hydrogen-bond donors (Lipinski definition) is 1. The number of methoxy groups -OCH3 is 1. The Morgan fingerprint density at radius 1 is 1.19 bits per heavy atom. The molecular formula is C13H26N2O. The highest BCUT2D eigenvalue weighted by atomic mass is 16.5. The molecule has 2 atom stereocenters. The molecule has 1 N–H and O–H groups in total. The van der Waals surface area contributed by atoms with E-state index in [0.29, 0.717) is 0 Å². The number of rotatable bonds is 7. The first-order valence-corrected chi connectivity index (χ1v) is 6.82. The van der Waals surface area contributed by atoms with Crippen LogP contribution in [0.1, 0.15) is 25.7 Å². The maximum absolute atomic E-state index is 5.00. The van der Waals surface area contributed by atoms with Crippen molar-refractivity contribution in [3.05, 3.63) is 0 Å². The molecule has 0 amide bonds. The predicted molar refractivity (Wildman–Crippen MR) is 66.6 cm³/mol. The van der Waals surface area contributed by atoms with Gasteiger partial charge in [0.25, 0.3) is 0 Å². The van der Waals surface area contributed by atoms with Gasteiger partial charge in [-0.15, -0.1) is 0 Å². The van der Waals surface area contributed by atoms with Crippen molar-refractivity contribution in [1.82, 2.24) is 10.2 Å². The van der Waals surface area contributed by atoms with E-state index >= 15 is 0 Å². The highest BCUT2D eigenvalue weighted by molar-refractivity contribution is 4.88. The zero-order valence-corrected chi connectivity index (χ0v) is 10.6. The quantitative estimate of drug-likeness (QED) is 0.663. The van der Waals surface area contributed by atoms with Crippen LogP contribution in [-0.2, 0) is 4.74 Å². The zero-order valence-electron chi connectivity index (χ0n) is 10.6. The SMILES string of the molecule is COCCNCCCN1CC2CCCC2C1. The monoisotopic (exact) mass is 226 g/mol. The van der Waals surface area contributed by atoms with Gasteiger partial charge >= 0.3 is 0 Å². The maximum atomic E-state index is 5.00. The largest absolute Gasteiger partial charge is 0.383 e. The van der Waals surface area contributed by atoms with Crippen molar-refractivity contribution in [2.24, 2.45) is 11.8 Å². The van der Waals surface area contributed by atoms with E-state index in [1.54, 1.807) is 7.11 Å². The van der Waals surface area contributed by atoms with Gasteiger partial charge in [0.2, 0.25) is 0 Å². The van der Waals surface area contributed by atoms with Crippen molar-refractivity contribution in [2.75, 3.05) is 46.4 Å². The molecule has 1 aliphatic heterocycles. The van der Waals surface area contributed by atoms with Crippen molar-refractivity contribution >= 4 is 0 Å². The molecule has 2 aliphatic rings. The van der Waals surface area contributed by atoms with Gasteiger partial charge in [0.1, 0.15) is 0 Å². The van der Waals surface area contributed by atoms with Crippen molar-refractivity contribution in [3.8, 4) is 0 Å². The fourth-order valence-corrected chi connectivity index (χ4v) is 3.24. The second-order valence-corrected chi connectivity index (χ2v) is 5.31. The van der Waals surface area contributed by atoms with Crippen LogP contribution < -0.4 is 5.32 Å². The molecule has 3 heteroatoms. The van der Waals surface area contributed by atoms with E-state index in [9.17, 15) is 0 Å². The third-order valence-electron chi connectivity index (χ3n) is 4.11. The average Bonchev–Trinajstić information content (AvgIpc) is 2.83. The van der Waals surface area contributed by atoms with Gasteiger partial charge < -0.3 is 15.0 Å². The van der Waals surface area contributed by atoms with Crippen LogP contribution >= 0.6 is 0 Å². The summed E-state index contributed by atoms with van der Waals surface area (Å²) >= 11 is 0. The minimum Gasteiger partial charge on any atom is -0.383 e. The van der Waals surface area contributed by atoms with Crippen LogP contribution in [0.25, 0.3) is 0 Å². The van der Waals surface area contributed by atoms with Crippen LogP contribution in [0.3, 0.4) is 0 Å². The Morgan fingerprint density at radius 2 is 1.94 bits per heavy atom. The summed E-state index contributed by atoms with van der Waals surface area (Å²) in [5.41, 5.74) is 0. The normalized spacial score (nSPS) is 29.8. The summed E-state index contributed by atoms with van der Waals surface area (Å²) in [7, 11) is 1.75. The van der Waals surface area contributed by atoms with Gasteiger partial charge in [0, 0.05) is 26.7 Å². The zero-order chi connectivity index (χ0) is 11.2. The molecule has 0 radical (unpaired) electrons. The highest BCUT2D eigenvalue weighted by Crippen LogP contribution is 2.37. The Hall–Kier alpha value is -0.120. The Bertz CT molecular complexity index is 186. The number of fused-ring (bicyclic) bond motifs is 1. The molecule has 16 heavy (non-hydrogen) atoms. The van der Waals surface area contributed by atoms with Gasteiger partial charge in [0.15, 0.2) is 0 Å². The fourth-order valence-electron chi connectivity index (χ4n) is 3.24. The summed E-state index contributed by atoms with van der Waals surface area (Å²) in [5.74, 6) is 2.09. The topological polar surface area (TPSA) is 24.5 Å². The molecule has 1 saturated heterocycles. The first kappa shape index (κ1) is 12.3. The van der Waals surface area contributed by atoms with Crippen LogP contribution in [0.4, 0.5) is 0 Å². The molecule has 0 aromatic heterocycles. The number of nitrogens with zero attached hydrogens (tertiary/aromatic N) is 1. The minimum absolute atomic E-state index is 0.827. The lowest BCUT2D eigenvalue weighted by Gasteiger charge is -2.16. The van der Waals surface area contributed by atoms with E-state index in [4.69, 9.17) is 4.74 Å². The summed E-state index contributed by atoms with van der Waals surface area (Å²) in [4.78, 5) is 2.67. The van der Waals surface area contributed by atoms with Gasteiger partial charge in [-0.05, 0) is 44.2 Å². The smallest absolute Gasteiger partial charge is 0.0587 e. The first-order chi connectivity index (χ1) is 7.90. The van der Waals surface area contributed by atoms with Crippen molar-refractivity contribution < 1.29 is 4.74 Å². The third-order valence-corrected chi connectivity index (χ3v) is 4.11. The van der Waals surface area contributed by atoms with E-state index in [0.717, 1.165) is 31.5 Å². The molecule has 3 nitrogen and oxygen atoms in total. The Morgan fingerprint density at radius 3 is 2.62 bits per heavy atom. The molecule has 0 aromatic carbocycles. The Kier molecular flexibility index (Phi) is 5.07. The molecule has 2 rings (SSSR count). The minimum atomic E-state index is 0.827. The van der Waals surface area contributed by atoms with Gasteiger partial charge in [-0.3, -0.25) is 0 Å². The summed E-state index contributed by atoms with van der Waals surface area (Å²) in [5, 5.41) is 3.41. The van der Waals surface area contributed by atoms with Gasteiger partial charge in [-0.25, -0.2) is 0 Å². The molecule has 1 heterocycles. The summed E-state index contributed by atoms with van der Waals surface area (Å²) in [6.07, 6.45) is 5.76. The molecule has 0 spiro atoms. The summed E-state index contributed by atoms with van der Waals surface area (Å²) in [6.45, 7) is 6.99. The molecule has 1 aliphatic carbocycles. The lowest BCUT2D eigenvalue weighted by Crippen LogP contribution is -2.27. The Balaban J connectivity index is 1.48. The van der Waals surface area contributed by atoms with Gasteiger partial charge in [-0.2, -0.15) is 0 Å². The van der Waals surface area contributed by atoms with E-state index in [-0.39, 0.29) is 0 Å². The number of likely N-dealkylation sites (tertiary alicyclic amines) is 1. The first-order valence-electron chi connectivity index (χ1n) is 6.82. The number of ether oxygens (including phenoxy) is 1. The predicted octanol–water partition coefficient (Wildman–Crippen LogP) is 1.34. The van der Waals surface area contributed by atoms with Gasteiger partial charge in [0.05, 0.1) is 6.61 Å². The molecular weight excluding hydrogens is 200 g/mol.